The van der Waals surface area contributed by atoms with Crippen LogP contribution in [0, 0.1) is 13.8 Å². The molecular weight excluding hydrogens is 262 g/mol. The van der Waals surface area contributed by atoms with Crippen molar-refractivity contribution in [1.29, 1.82) is 0 Å². The molecule has 1 aliphatic rings. The number of carbonyl (C=O) groups excluding carboxylic acids is 2. The number of nitrogens with zero attached hydrogens (tertiary/aromatic N) is 3. The quantitative estimate of drug-likeness (QED) is 0.623. The summed E-state index contributed by atoms with van der Waals surface area (Å²) in [6.45, 7) is 3.61. The molecule has 1 aromatic rings. The first-order chi connectivity index (χ1) is 9.31. The first-order valence-corrected chi connectivity index (χ1v) is 6.37. The van der Waals surface area contributed by atoms with E-state index in [0.717, 1.165) is 0 Å². The average Bonchev–Trinajstić information content (AvgIpc) is 2.87. The van der Waals surface area contributed by atoms with E-state index < -0.39 is 18.1 Å². The molecule has 0 saturated carbocycles. The van der Waals surface area contributed by atoms with Crippen LogP contribution in [-0.4, -0.2) is 50.3 Å². The van der Waals surface area contributed by atoms with Gasteiger partial charge in [0.25, 0.3) is 0 Å². The lowest BCUT2D eigenvalue weighted by Gasteiger charge is -2.22. The van der Waals surface area contributed by atoms with E-state index >= 15 is 0 Å². The van der Waals surface area contributed by atoms with Gasteiger partial charge in [0, 0.05) is 13.0 Å². The molecule has 1 aromatic heterocycles. The van der Waals surface area contributed by atoms with Crippen molar-refractivity contribution in [2.45, 2.75) is 39.0 Å². The van der Waals surface area contributed by atoms with E-state index in [4.69, 9.17) is 11.5 Å². The Kier molecular flexibility index (Phi) is 3.67. The van der Waals surface area contributed by atoms with Crippen LogP contribution in [0.3, 0.4) is 0 Å². The predicted octanol–water partition coefficient (Wildman–Crippen LogP) is -1.47. The summed E-state index contributed by atoms with van der Waals surface area (Å²) in [5, 5.41) is 13.8. The molecule has 0 aliphatic carbocycles. The zero-order chi connectivity index (χ0) is 15.0. The van der Waals surface area contributed by atoms with E-state index in [-0.39, 0.29) is 25.4 Å². The lowest BCUT2D eigenvalue weighted by Crippen LogP contribution is -2.45. The number of likely N-dealkylation sites (tertiary alicyclic amines) is 1. The fraction of sp³-hybridized carbons (Fsp3) is 0.583. The van der Waals surface area contributed by atoms with Gasteiger partial charge in [0.05, 0.1) is 23.2 Å². The average molecular weight is 281 g/mol. The number of nitrogen functional groups attached to an aromatic ring is 1. The summed E-state index contributed by atoms with van der Waals surface area (Å²) in [6.07, 6.45) is -0.540. The number of amides is 2. The number of carbonyl (C=O) groups is 2. The van der Waals surface area contributed by atoms with E-state index in [9.17, 15) is 14.7 Å². The van der Waals surface area contributed by atoms with Crippen molar-refractivity contribution >= 4 is 17.5 Å². The summed E-state index contributed by atoms with van der Waals surface area (Å²) >= 11 is 0. The number of aliphatic hydroxyl groups is 1. The Hall–Kier alpha value is -2.09. The van der Waals surface area contributed by atoms with Crippen LogP contribution in [-0.2, 0) is 16.1 Å². The van der Waals surface area contributed by atoms with E-state index in [1.54, 1.807) is 13.8 Å². The maximum absolute atomic E-state index is 12.3. The zero-order valence-corrected chi connectivity index (χ0v) is 11.5. The van der Waals surface area contributed by atoms with Gasteiger partial charge in [-0.3, -0.25) is 14.3 Å². The van der Waals surface area contributed by atoms with Gasteiger partial charge < -0.3 is 21.5 Å². The fourth-order valence-corrected chi connectivity index (χ4v) is 2.44. The number of nitrogens with two attached hydrogens (primary N) is 2. The molecule has 1 fully saturated rings. The fourth-order valence-electron chi connectivity index (χ4n) is 2.44. The van der Waals surface area contributed by atoms with Crippen molar-refractivity contribution in [2.24, 2.45) is 5.73 Å². The lowest BCUT2D eigenvalue weighted by molar-refractivity contribution is -0.138. The second-order valence-electron chi connectivity index (χ2n) is 5.10. The van der Waals surface area contributed by atoms with Gasteiger partial charge in [-0.05, 0) is 13.8 Å². The smallest absolute Gasteiger partial charge is 0.245 e. The van der Waals surface area contributed by atoms with Crippen LogP contribution in [0.1, 0.15) is 17.8 Å². The van der Waals surface area contributed by atoms with E-state index in [0.29, 0.717) is 17.1 Å². The molecule has 1 saturated heterocycles. The summed E-state index contributed by atoms with van der Waals surface area (Å²) in [5.74, 6) is -0.918. The van der Waals surface area contributed by atoms with Gasteiger partial charge in [0.15, 0.2) is 0 Å². The Balaban J connectivity index is 2.15. The molecule has 1 aliphatic heterocycles. The molecule has 2 unspecified atom stereocenters. The second kappa shape index (κ2) is 5.12. The summed E-state index contributed by atoms with van der Waals surface area (Å²) in [4.78, 5) is 24.9. The number of aromatic nitrogens is 2. The third kappa shape index (κ3) is 2.46. The number of anilines is 1. The molecule has 2 rings (SSSR count). The minimum absolute atomic E-state index is 0.0274. The van der Waals surface area contributed by atoms with Gasteiger partial charge in [0.2, 0.25) is 11.8 Å². The van der Waals surface area contributed by atoms with E-state index in [1.807, 2.05) is 0 Å². The van der Waals surface area contributed by atoms with Crippen LogP contribution in [0.15, 0.2) is 0 Å². The maximum Gasteiger partial charge on any atom is 0.245 e. The zero-order valence-electron chi connectivity index (χ0n) is 11.5. The Morgan fingerprint density at radius 3 is 2.60 bits per heavy atom. The summed E-state index contributed by atoms with van der Waals surface area (Å²) in [5.41, 5.74) is 13.0. The minimum Gasteiger partial charge on any atom is -0.396 e. The molecular formula is C12H19N5O3. The van der Waals surface area contributed by atoms with Crippen molar-refractivity contribution in [2.75, 3.05) is 12.3 Å². The molecule has 110 valence electrons. The van der Waals surface area contributed by atoms with Gasteiger partial charge >= 0.3 is 0 Å². The Morgan fingerprint density at radius 2 is 2.10 bits per heavy atom. The SMILES string of the molecule is Cc1nn(CC(=O)N2CC(O)CC2C(N)=O)c(C)c1N. The number of rotatable bonds is 3. The molecule has 0 bridgehead atoms. The van der Waals surface area contributed by atoms with Gasteiger partial charge in [0.1, 0.15) is 12.6 Å². The van der Waals surface area contributed by atoms with Crippen LogP contribution in [0.2, 0.25) is 0 Å². The first kappa shape index (κ1) is 14.3. The highest BCUT2D eigenvalue weighted by atomic mass is 16.3. The van der Waals surface area contributed by atoms with Crippen molar-refractivity contribution < 1.29 is 14.7 Å². The van der Waals surface area contributed by atoms with Crippen LogP contribution in [0.5, 0.6) is 0 Å². The Morgan fingerprint density at radius 1 is 1.45 bits per heavy atom. The molecule has 5 N–H and O–H groups in total. The number of hydrogen-bond acceptors (Lipinski definition) is 5. The van der Waals surface area contributed by atoms with Gasteiger partial charge in [-0.25, -0.2) is 0 Å². The van der Waals surface area contributed by atoms with Crippen molar-refractivity contribution in [3.63, 3.8) is 0 Å². The highest BCUT2D eigenvalue weighted by molar-refractivity contribution is 5.87. The topological polar surface area (TPSA) is 127 Å². The largest absolute Gasteiger partial charge is 0.396 e. The maximum atomic E-state index is 12.3. The highest BCUT2D eigenvalue weighted by Gasteiger charge is 2.37. The van der Waals surface area contributed by atoms with E-state index in [1.165, 1.54) is 9.58 Å². The van der Waals surface area contributed by atoms with Gasteiger partial charge in [-0.2, -0.15) is 5.10 Å². The molecule has 20 heavy (non-hydrogen) atoms. The molecule has 2 atom stereocenters. The van der Waals surface area contributed by atoms with E-state index in [2.05, 4.69) is 5.10 Å². The molecule has 2 amide bonds. The number of aliphatic hydroxyl groups excluding tert-OH is 1. The highest BCUT2D eigenvalue weighted by Crippen LogP contribution is 2.19. The van der Waals surface area contributed by atoms with Gasteiger partial charge in [-0.1, -0.05) is 0 Å². The second-order valence-corrected chi connectivity index (χ2v) is 5.10. The monoisotopic (exact) mass is 281 g/mol. The summed E-state index contributed by atoms with van der Waals surface area (Å²) in [6, 6.07) is -0.758. The molecule has 2 heterocycles. The van der Waals surface area contributed by atoms with Crippen LogP contribution >= 0.6 is 0 Å². The lowest BCUT2D eigenvalue weighted by atomic mass is 10.2. The molecule has 8 heteroatoms. The Labute approximate surface area is 116 Å². The normalized spacial score (nSPS) is 22.2. The van der Waals surface area contributed by atoms with Gasteiger partial charge in [-0.15, -0.1) is 0 Å². The van der Waals surface area contributed by atoms with Crippen LogP contribution in [0.25, 0.3) is 0 Å². The molecule has 0 radical (unpaired) electrons. The standard InChI is InChI=1S/C12H19N5O3/c1-6-11(13)7(2)17(15-6)5-10(19)16-4-8(18)3-9(16)12(14)20/h8-9,18H,3-5,13H2,1-2H3,(H2,14,20). The third-order valence-electron chi connectivity index (χ3n) is 3.65. The third-order valence-corrected chi connectivity index (χ3v) is 3.65. The Bertz CT molecular complexity index is 554. The van der Waals surface area contributed by atoms with Crippen LogP contribution in [0.4, 0.5) is 5.69 Å². The summed E-state index contributed by atoms with van der Waals surface area (Å²) < 4.78 is 1.50. The minimum atomic E-state index is -0.758. The van der Waals surface area contributed by atoms with Crippen molar-refractivity contribution in [3.05, 3.63) is 11.4 Å². The molecule has 8 nitrogen and oxygen atoms in total. The van der Waals surface area contributed by atoms with Crippen molar-refractivity contribution in [3.8, 4) is 0 Å². The van der Waals surface area contributed by atoms with Crippen molar-refractivity contribution in [1.82, 2.24) is 14.7 Å². The number of aryl methyl sites for hydroxylation is 1. The van der Waals surface area contributed by atoms with Crippen LogP contribution < -0.4 is 11.5 Å². The first-order valence-electron chi connectivity index (χ1n) is 6.37. The predicted molar refractivity (Wildman–Crippen MR) is 71.4 cm³/mol. The number of primary amides is 1. The molecule has 0 spiro atoms. The molecule has 0 aromatic carbocycles. The summed E-state index contributed by atoms with van der Waals surface area (Å²) in [7, 11) is 0. The number of β-amino-alcohol motifs (C(OH)–C–C–N with tert-alkyl or cyclic N) is 1. The number of hydrogen-bond donors (Lipinski definition) is 3.